The van der Waals surface area contributed by atoms with Gasteiger partial charge in [0.05, 0.1) is 0 Å². The zero-order valence-electron chi connectivity index (χ0n) is 4.80. The molecule has 1 aliphatic rings. The van der Waals surface area contributed by atoms with Crippen LogP contribution in [0.2, 0.25) is 0 Å². The Morgan fingerprint density at radius 2 is 2.12 bits per heavy atom. The smallest absolute Gasteiger partial charge is 0.0241 e. The van der Waals surface area contributed by atoms with Gasteiger partial charge in [-0.15, -0.1) is 0 Å². The second-order valence-corrected chi connectivity index (χ2v) is 1.72. The Hall–Kier alpha value is -0.780. The van der Waals surface area contributed by atoms with Gasteiger partial charge in [0.25, 0.3) is 0 Å². The monoisotopic (exact) mass is 105 g/mol. The lowest BCUT2D eigenvalue weighted by atomic mass is 10.2. The van der Waals surface area contributed by atoms with Crippen LogP contribution < -0.4 is 0 Å². The van der Waals surface area contributed by atoms with Crippen LogP contribution in [-0.4, -0.2) is 0 Å². The molecular weight excluding hydrogens is 96.1 g/mol. The molecule has 0 bridgehead atoms. The van der Waals surface area contributed by atoms with Crippen LogP contribution in [0.4, 0.5) is 0 Å². The summed E-state index contributed by atoms with van der Waals surface area (Å²) in [5.41, 5.74) is 0. The van der Waals surface area contributed by atoms with Gasteiger partial charge in [-0.25, -0.2) is 0 Å². The molecule has 0 fully saturated rings. The summed E-state index contributed by atoms with van der Waals surface area (Å²) in [7, 11) is 0. The quantitative estimate of drug-likeness (QED) is 0.443. The molecule has 0 spiro atoms. The van der Waals surface area contributed by atoms with E-state index in [1.54, 1.807) is 0 Å². The van der Waals surface area contributed by atoms with Crippen molar-refractivity contribution < 1.29 is 0 Å². The Labute approximate surface area is 50.2 Å². The third-order valence-corrected chi connectivity index (χ3v) is 1.03. The highest BCUT2D eigenvalue weighted by Crippen LogP contribution is 1.95. The molecule has 0 unspecified atom stereocenters. The molecular formula is C8H9. The summed E-state index contributed by atoms with van der Waals surface area (Å²) >= 11 is 0. The molecule has 0 amide bonds. The minimum atomic E-state index is 1.06. The van der Waals surface area contributed by atoms with E-state index in [0.717, 1.165) is 12.8 Å². The summed E-state index contributed by atoms with van der Waals surface area (Å²) in [5.74, 6) is 0. The number of rotatable bonds is 0. The van der Waals surface area contributed by atoms with Crippen LogP contribution in [0.3, 0.4) is 0 Å². The first kappa shape index (κ1) is 5.36. The van der Waals surface area contributed by atoms with Gasteiger partial charge in [0, 0.05) is 0 Å². The Bertz CT molecular complexity index is 111. The average molecular weight is 105 g/mol. The summed E-state index contributed by atoms with van der Waals surface area (Å²) in [4.78, 5) is 0. The Balaban J connectivity index is 2.51. The fourth-order valence-corrected chi connectivity index (χ4v) is 0.613. The van der Waals surface area contributed by atoms with Crippen molar-refractivity contribution in [3.63, 3.8) is 0 Å². The molecule has 0 heteroatoms. The van der Waals surface area contributed by atoms with Gasteiger partial charge in [-0.2, -0.15) is 0 Å². The lowest BCUT2D eigenvalue weighted by Crippen LogP contribution is -1.66. The van der Waals surface area contributed by atoms with Crippen molar-refractivity contribution >= 4 is 0 Å². The molecule has 1 radical (unpaired) electrons. The molecule has 0 saturated heterocycles. The van der Waals surface area contributed by atoms with Crippen molar-refractivity contribution in [1.82, 2.24) is 0 Å². The van der Waals surface area contributed by atoms with E-state index in [2.05, 4.69) is 18.2 Å². The van der Waals surface area contributed by atoms with Crippen molar-refractivity contribution in [3.8, 4) is 0 Å². The fourth-order valence-electron chi connectivity index (χ4n) is 0.613. The zero-order chi connectivity index (χ0) is 5.66. The number of allylic oxidation sites excluding steroid dienone is 6. The van der Waals surface area contributed by atoms with Gasteiger partial charge in [-0.05, 0) is 18.9 Å². The van der Waals surface area contributed by atoms with E-state index in [-0.39, 0.29) is 0 Å². The minimum Gasteiger partial charge on any atom is -0.0842 e. The van der Waals surface area contributed by atoms with Crippen molar-refractivity contribution in [3.05, 3.63) is 36.5 Å². The van der Waals surface area contributed by atoms with Crippen LogP contribution >= 0.6 is 0 Å². The molecule has 1 rings (SSSR count). The first-order valence-electron chi connectivity index (χ1n) is 2.88. The standard InChI is InChI=1S/C8H9/c1-2-4-6-8-7-5-3-1/h1-5H,6,8H2. The molecule has 0 aromatic heterocycles. The maximum atomic E-state index is 3.12. The van der Waals surface area contributed by atoms with Crippen molar-refractivity contribution in [2.24, 2.45) is 0 Å². The van der Waals surface area contributed by atoms with Gasteiger partial charge in [-0.1, -0.05) is 30.4 Å². The van der Waals surface area contributed by atoms with Crippen LogP contribution in [0, 0.1) is 6.08 Å². The zero-order valence-corrected chi connectivity index (χ0v) is 4.80. The van der Waals surface area contributed by atoms with Crippen LogP contribution in [0.15, 0.2) is 30.4 Å². The largest absolute Gasteiger partial charge is 0.0842 e. The Kier molecular flexibility index (Phi) is 2.18. The van der Waals surface area contributed by atoms with E-state index in [9.17, 15) is 0 Å². The highest BCUT2D eigenvalue weighted by atomic mass is 13.8. The van der Waals surface area contributed by atoms with Gasteiger partial charge in [0.15, 0.2) is 0 Å². The fraction of sp³-hybridized carbons (Fsp3) is 0.250. The van der Waals surface area contributed by atoms with Gasteiger partial charge in [-0.3, -0.25) is 0 Å². The minimum absolute atomic E-state index is 1.06. The SMILES string of the molecule is [C]1=CC=CC=CCC1. The lowest BCUT2D eigenvalue weighted by molar-refractivity contribution is 1.02. The predicted molar refractivity (Wildman–Crippen MR) is 35.3 cm³/mol. The molecule has 0 atom stereocenters. The molecule has 0 saturated carbocycles. The van der Waals surface area contributed by atoms with E-state index < -0.39 is 0 Å². The molecule has 8 heavy (non-hydrogen) atoms. The maximum Gasteiger partial charge on any atom is -0.0241 e. The summed E-state index contributed by atoms with van der Waals surface area (Å²) in [6.07, 6.45) is 15.5. The van der Waals surface area contributed by atoms with Crippen LogP contribution in [0.5, 0.6) is 0 Å². The van der Waals surface area contributed by atoms with Gasteiger partial charge < -0.3 is 0 Å². The molecule has 1 aliphatic carbocycles. The normalized spacial score (nSPS) is 18.0. The summed E-state index contributed by atoms with van der Waals surface area (Å²) in [6.45, 7) is 0. The van der Waals surface area contributed by atoms with Crippen molar-refractivity contribution in [2.75, 3.05) is 0 Å². The Morgan fingerprint density at radius 3 is 3.12 bits per heavy atom. The Morgan fingerprint density at radius 1 is 1.12 bits per heavy atom. The first-order valence-corrected chi connectivity index (χ1v) is 2.88. The van der Waals surface area contributed by atoms with E-state index in [0.29, 0.717) is 0 Å². The number of hydrogen-bond donors (Lipinski definition) is 0. The van der Waals surface area contributed by atoms with Gasteiger partial charge >= 0.3 is 0 Å². The van der Waals surface area contributed by atoms with Crippen molar-refractivity contribution in [2.45, 2.75) is 12.8 Å². The molecule has 41 valence electrons. The molecule has 0 nitrogen and oxygen atoms in total. The average Bonchev–Trinajstić information content (AvgIpc) is 1.62. The van der Waals surface area contributed by atoms with Gasteiger partial charge in [0.1, 0.15) is 0 Å². The van der Waals surface area contributed by atoms with E-state index in [1.165, 1.54) is 0 Å². The molecule has 0 aliphatic heterocycles. The molecule has 0 aromatic rings. The van der Waals surface area contributed by atoms with Crippen LogP contribution in [-0.2, 0) is 0 Å². The maximum absolute atomic E-state index is 3.12. The molecule has 0 heterocycles. The summed E-state index contributed by atoms with van der Waals surface area (Å²) < 4.78 is 0. The highest BCUT2D eigenvalue weighted by Gasteiger charge is 1.76. The third kappa shape index (κ3) is 1.78. The van der Waals surface area contributed by atoms with E-state index >= 15 is 0 Å². The van der Waals surface area contributed by atoms with Crippen LogP contribution in [0.25, 0.3) is 0 Å². The number of hydrogen-bond acceptors (Lipinski definition) is 0. The highest BCUT2D eigenvalue weighted by molar-refractivity contribution is 5.11. The second-order valence-electron chi connectivity index (χ2n) is 1.72. The van der Waals surface area contributed by atoms with E-state index in [4.69, 9.17) is 0 Å². The second kappa shape index (κ2) is 3.25. The topological polar surface area (TPSA) is 0 Å². The third-order valence-electron chi connectivity index (χ3n) is 1.03. The van der Waals surface area contributed by atoms with E-state index in [1.807, 2.05) is 18.2 Å². The summed E-state index contributed by atoms with van der Waals surface area (Å²) in [6, 6.07) is 0. The molecule has 0 N–H and O–H groups in total. The van der Waals surface area contributed by atoms with Crippen molar-refractivity contribution in [1.29, 1.82) is 0 Å². The summed E-state index contributed by atoms with van der Waals surface area (Å²) in [5, 5.41) is 0. The van der Waals surface area contributed by atoms with Gasteiger partial charge in [0.2, 0.25) is 0 Å². The lowest BCUT2D eigenvalue weighted by Gasteiger charge is -1.85. The molecule has 0 aromatic carbocycles. The first-order chi connectivity index (χ1) is 4.00. The van der Waals surface area contributed by atoms with Crippen LogP contribution in [0.1, 0.15) is 12.8 Å². The predicted octanol–water partition coefficient (Wildman–Crippen LogP) is 2.25.